The molecule has 0 spiro atoms. The Morgan fingerprint density at radius 2 is 1.92 bits per heavy atom. The molecule has 0 aliphatic carbocycles. The highest BCUT2D eigenvalue weighted by atomic mass is 32.1. The predicted octanol–water partition coefficient (Wildman–Crippen LogP) is 4.18. The first-order valence-corrected chi connectivity index (χ1v) is 8.69. The molecule has 3 aromatic rings. The summed E-state index contributed by atoms with van der Waals surface area (Å²) in [7, 11) is 1.35. The fourth-order valence-electron chi connectivity index (χ4n) is 2.61. The third kappa shape index (κ3) is 3.73. The molecule has 26 heavy (non-hydrogen) atoms. The van der Waals surface area contributed by atoms with Crippen molar-refractivity contribution < 1.29 is 14.5 Å². The third-order valence-electron chi connectivity index (χ3n) is 3.87. The van der Waals surface area contributed by atoms with E-state index in [1.54, 1.807) is 0 Å². The van der Waals surface area contributed by atoms with Crippen LogP contribution in [0, 0.1) is 10.1 Å². The SMILES string of the molecule is COc1ccc(C(=O)N[C@@H](c2ccccc2)c2cccs2)cc1[N+](=O)[O-]. The lowest BCUT2D eigenvalue weighted by atomic mass is 10.0. The first kappa shape index (κ1) is 17.6. The van der Waals surface area contributed by atoms with E-state index in [-0.39, 0.29) is 23.0 Å². The maximum absolute atomic E-state index is 12.7. The summed E-state index contributed by atoms with van der Waals surface area (Å²) in [5.41, 5.74) is 0.897. The van der Waals surface area contributed by atoms with Crippen LogP contribution in [0.1, 0.15) is 26.8 Å². The first-order chi connectivity index (χ1) is 12.6. The Labute approximate surface area is 154 Å². The van der Waals surface area contributed by atoms with Crippen LogP contribution < -0.4 is 10.1 Å². The number of ether oxygens (including phenoxy) is 1. The molecule has 7 heteroatoms. The number of amides is 1. The lowest BCUT2D eigenvalue weighted by Crippen LogP contribution is -2.28. The quantitative estimate of drug-likeness (QED) is 0.523. The molecule has 132 valence electrons. The van der Waals surface area contributed by atoms with Gasteiger partial charge in [-0.25, -0.2) is 0 Å². The molecular formula is C19H16N2O4S. The van der Waals surface area contributed by atoms with E-state index in [0.29, 0.717) is 0 Å². The number of hydrogen-bond donors (Lipinski definition) is 1. The second-order valence-corrected chi connectivity index (χ2v) is 6.46. The van der Waals surface area contributed by atoms with Gasteiger partial charge in [-0.2, -0.15) is 0 Å². The van der Waals surface area contributed by atoms with Crippen molar-refractivity contribution >= 4 is 22.9 Å². The summed E-state index contributed by atoms with van der Waals surface area (Å²) in [4.78, 5) is 24.3. The molecule has 1 atom stereocenters. The Kier molecular flexibility index (Phi) is 5.28. The number of methoxy groups -OCH3 is 1. The lowest BCUT2D eigenvalue weighted by Gasteiger charge is -2.18. The number of nitrogens with zero attached hydrogens (tertiary/aromatic N) is 1. The monoisotopic (exact) mass is 368 g/mol. The average Bonchev–Trinajstić information content (AvgIpc) is 3.20. The van der Waals surface area contributed by atoms with Gasteiger partial charge in [-0.05, 0) is 29.1 Å². The molecule has 3 rings (SSSR count). The van der Waals surface area contributed by atoms with Crippen LogP contribution in [0.2, 0.25) is 0 Å². The number of nitro groups is 1. The summed E-state index contributed by atoms with van der Waals surface area (Å²) in [5.74, 6) is -0.276. The van der Waals surface area contributed by atoms with Crippen LogP contribution in [-0.4, -0.2) is 17.9 Å². The highest BCUT2D eigenvalue weighted by Gasteiger charge is 2.22. The van der Waals surface area contributed by atoms with Crippen molar-refractivity contribution in [2.75, 3.05) is 7.11 Å². The minimum atomic E-state index is -0.566. The van der Waals surface area contributed by atoms with Crippen LogP contribution in [0.5, 0.6) is 5.75 Å². The zero-order chi connectivity index (χ0) is 18.5. The number of carbonyl (C=O) groups is 1. The first-order valence-electron chi connectivity index (χ1n) is 7.82. The van der Waals surface area contributed by atoms with Crippen LogP contribution in [0.15, 0.2) is 66.0 Å². The molecule has 0 unspecified atom stereocenters. The van der Waals surface area contributed by atoms with Crippen LogP contribution in [0.25, 0.3) is 0 Å². The average molecular weight is 368 g/mol. The molecule has 6 nitrogen and oxygen atoms in total. The number of carbonyl (C=O) groups excluding carboxylic acids is 1. The van der Waals surface area contributed by atoms with Gasteiger partial charge in [-0.3, -0.25) is 14.9 Å². The molecule has 1 amide bonds. The molecule has 0 fully saturated rings. The second-order valence-electron chi connectivity index (χ2n) is 5.48. The number of hydrogen-bond acceptors (Lipinski definition) is 5. The fraction of sp³-hybridized carbons (Fsp3) is 0.105. The fourth-order valence-corrected chi connectivity index (χ4v) is 3.41. The number of benzene rings is 2. The third-order valence-corrected chi connectivity index (χ3v) is 4.81. The van der Waals surface area contributed by atoms with Crippen molar-refractivity contribution in [2.45, 2.75) is 6.04 Å². The zero-order valence-electron chi connectivity index (χ0n) is 13.9. The number of rotatable bonds is 6. The summed E-state index contributed by atoms with van der Waals surface area (Å²) in [5, 5.41) is 16.1. The molecule has 2 aromatic carbocycles. The Bertz CT molecular complexity index is 911. The summed E-state index contributed by atoms with van der Waals surface area (Å²) < 4.78 is 4.98. The van der Waals surface area contributed by atoms with Crippen molar-refractivity contribution in [3.8, 4) is 5.75 Å². The summed E-state index contributed by atoms with van der Waals surface area (Å²) in [6.45, 7) is 0. The molecule has 1 N–H and O–H groups in total. The molecule has 1 aromatic heterocycles. The Hall–Kier alpha value is -3.19. The standard InChI is InChI=1S/C19H16N2O4S/c1-25-16-10-9-14(12-15(16)21(23)24)19(22)20-18(17-8-5-11-26-17)13-6-3-2-4-7-13/h2-12,18H,1H3,(H,20,22)/t18-/m0/s1. The smallest absolute Gasteiger partial charge is 0.311 e. The van der Waals surface area contributed by atoms with Crippen molar-refractivity contribution in [2.24, 2.45) is 0 Å². The topological polar surface area (TPSA) is 81.5 Å². The molecule has 0 saturated carbocycles. The van der Waals surface area contributed by atoms with Gasteiger partial charge in [0.2, 0.25) is 0 Å². The van der Waals surface area contributed by atoms with E-state index < -0.39 is 10.8 Å². The van der Waals surface area contributed by atoms with Crippen LogP contribution in [0.3, 0.4) is 0 Å². The minimum Gasteiger partial charge on any atom is -0.490 e. The van der Waals surface area contributed by atoms with Gasteiger partial charge in [0.05, 0.1) is 18.1 Å². The maximum atomic E-state index is 12.7. The number of nitro benzene ring substituents is 1. The Morgan fingerprint density at radius 1 is 1.15 bits per heavy atom. The molecule has 1 heterocycles. The van der Waals surface area contributed by atoms with E-state index >= 15 is 0 Å². The number of nitrogens with one attached hydrogen (secondary N) is 1. The molecule has 0 aliphatic rings. The van der Waals surface area contributed by atoms with Gasteiger partial charge in [0, 0.05) is 16.5 Å². The van der Waals surface area contributed by atoms with E-state index in [1.807, 2.05) is 47.8 Å². The molecular weight excluding hydrogens is 352 g/mol. The van der Waals surface area contributed by atoms with Crippen molar-refractivity contribution in [3.05, 3.63) is 92.2 Å². The van der Waals surface area contributed by atoms with E-state index in [1.165, 1.54) is 36.6 Å². The largest absolute Gasteiger partial charge is 0.490 e. The van der Waals surface area contributed by atoms with E-state index in [9.17, 15) is 14.9 Å². The van der Waals surface area contributed by atoms with Crippen LogP contribution in [0.4, 0.5) is 5.69 Å². The highest BCUT2D eigenvalue weighted by molar-refractivity contribution is 7.10. The molecule has 0 saturated heterocycles. The van der Waals surface area contributed by atoms with Gasteiger partial charge in [-0.15, -0.1) is 11.3 Å². The zero-order valence-corrected chi connectivity index (χ0v) is 14.7. The molecule has 0 bridgehead atoms. The van der Waals surface area contributed by atoms with E-state index in [0.717, 1.165) is 10.4 Å². The van der Waals surface area contributed by atoms with Gasteiger partial charge in [-0.1, -0.05) is 36.4 Å². The molecule has 0 aliphatic heterocycles. The van der Waals surface area contributed by atoms with E-state index in [2.05, 4.69) is 5.32 Å². The molecule has 0 radical (unpaired) electrons. The number of thiophene rings is 1. The summed E-state index contributed by atoms with van der Waals surface area (Å²) in [6.07, 6.45) is 0. The Morgan fingerprint density at radius 3 is 2.54 bits per heavy atom. The van der Waals surface area contributed by atoms with Gasteiger partial charge >= 0.3 is 5.69 Å². The van der Waals surface area contributed by atoms with Gasteiger partial charge in [0.15, 0.2) is 5.75 Å². The normalized spacial score (nSPS) is 11.6. The minimum absolute atomic E-state index is 0.115. The van der Waals surface area contributed by atoms with Crippen LogP contribution in [-0.2, 0) is 0 Å². The van der Waals surface area contributed by atoms with Crippen molar-refractivity contribution in [1.82, 2.24) is 5.32 Å². The Balaban J connectivity index is 1.92. The van der Waals surface area contributed by atoms with Crippen LogP contribution >= 0.6 is 11.3 Å². The summed E-state index contributed by atoms with van der Waals surface area (Å²) >= 11 is 1.53. The highest BCUT2D eigenvalue weighted by Crippen LogP contribution is 2.29. The van der Waals surface area contributed by atoms with Crippen molar-refractivity contribution in [3.63, 3.8) is 0 Å². The van der Waals surface area contributed by atoms with Gasteiger partial charge in [0.25, 0.3) is 5.91 Å². The predicted molar refractivity (Wildman–Crippen MR) is 99.7 cm³/mol. The van der Waals surface area contributed by atoms with Gasteiger partial charge < -0.3 is 10.1 Å². The maximum Gasteiger partial charge on any atom is 0.311 e. The van der Waals surface area contributed by atoms with Crippen molar-refractivity contribution in [1.29, 1.82) is 0 Å². The van der Waals surface area contributed by atoms with E-state index in [4.69, 9.17) is 4.74 Å². The second kappa shape index (κ2) is 7.79. The van der Waals surface area contributed by atoms with Gasteiger partial charge in [0.1, 0.15) is 0 Å². The summed E-state index contributed by atoms with van der Waals surface area (Å²) in [6, 6.07) is 17.3. The lowest BCUT2D eigenvalue weighted by molar-refractivity contribution is -0.385.